The zero-order valence-electron chi connectivity index (χ0n) is 12.5. The molecule has 2 aromatic rings. The molecule has 1 aromatic heterocycles. The molecule has 23 heavy (non-hydrogen) atoms. The number of thioether (sulfide) groups is 1. The average Bonchev–Trinajstić information content (AvgIpc) is 2.59. The van der Waals surface area contributed by atoms with E-state index in [1.165, 1.54) is 25.1 Å². The van der Waals surface area contributed by atoms with Gasteiger partial charge in [0.2, 0.25) is 5.91 Å². The second-order valence-electron chi connectivity index (χ2n) is 4.62. The zero-order chi connectivity index (χ0) is 16.7. The third-order valence-corrected chi connectivity index (χ3v) is 4.02. The quantitative estimate of drug-likeness (QED) is 0.375. The maximum Gasteiger partial charge on any atom is 0.337 e. The number of esters is 1. The lowest BCUT2D eigenvalue weighted by molar-refractivity contribution is -0.645. The first-order chi connectivity index (χ1) is 11.1. The van der Waals surface area contributed by atoms with Crippen molar-refractivity contribution in [1.29, 1.82) is 0 Å². The number of hydrogen-bond acceptors (Lipinski definition) is 5. The molecule has 7 heteroatoms. The van der Waals surface area contributed by atoms with Crippen LogP contribution in [0, 0.1) is 5.21 Å². The van der Waals surface area contributed by atoms with Crippen LogP contribution in [-0.4, -0.2) is 24.7 Å². The van der Waals surface area contributed by atoms with E-state index in [0.29, 0.717) is 17.1 Å². The van der Waals surface area contributed by atoms with Crippen LogP contribution in [0.25, 0.3) is 0 Å². The largest absolute Gasteiger partial charge is 0.618 e. The van der Waals surface area contributed by atoms with Gasteiger partial charge in [0.25, 0.3) is 5.03 Å². The second kappa shape index (κ2) is 8.19. The fourth-order valence-corrected chi connectivity index (χ4v) is 2.54. The fourth-order valence-electron chi connectivity index (χ4n) is 1.79. The van der Waals surface area contributed by atoms with Gasteiger partial charge in [-0.1, -0.05) is 12.1 Å². The smallest absolute Gasteiger partial charge is 0.337 e. The third kappa shape index (κ3) is 5.00. The van der Waals surface area contributed by atoms with E-state index in [-0.39, 0.29) is 11.7 Å². The summed E-state index contributed by atoms with van der Waals surface area (Å²) in [6.45, 7) is 0.354. The van der Waals surface area contributed by atoms with Gasteiger partial charge in [-0.25, -0.2) is 4.79 Å². The summed E-state index contributed by atoms with van der Waals surface area (Å²) in [5, 5.41) is 14.7. The molecule has 0 atom stereocenters. The number of benzene rings is 1. The summed E-state index contributed by atoms with van der Waals surface area (Å²) in [5.74, 6) is -0.409. The van der Waals surface area contributed by atoms with Crippen LogP contribution in [0.4, 0.5) is 0 Å². The molecular weight excluding hydrogens is 316 g/mol. The Kier molecular flexibility index (Phi) is 5.99. The van der Waals surface area contributed by atoms with Crippen LogP contribution in [-0.2, 0) is 16.1 Å². The molecule has 1 heterocycles. The number of hydrogen-bond donors (Lipinski definition) is 1. The highest BCUT2D eigenvalue weighted by molar-refractivity contribution is 7.99. The van der Waals surface area contributed by atoms with E-state index in [1.807, 2.05) is 0 Å². The maximum absolute atomic E-state index is 11.8. The summed E-state index contributed by atoms with van der Waals surface area (Å²) in [5.41, 5.74) is 1.33. The van der Waals surface area contributed by atoms with Crippen molar-refractivity contribution < 1.29 is 19.1 Å². The Hall–Kier alpha value is -2.54. The van der Waals surface area contributed by atoms with E-state index >= 15 is 0 Å². The molecule has 0 unspecified atom stereocenters. The van der Waals surface area contributed by atoms with Crippen molar-refractivity contribution in [1.82, 2.24) is 5.32 Å². The van der Waals surface area contributed by atoms with Gasteiger partial charge in [-0.15, -0.1) is 0 Å². The summed E-state index contributed by atoms with van der Waals surface area (Å²) < 4.78 is 5.34. The van der Waals surface area contributed by atoms with Crippen molar-refractivity contribution in [3.8, 4) is 0 Å². The summed E-state index contributed by atoms with van der Waals surface area (Å²) >= 11 is 1.18. The van der Waals surface area contributed by atoms with E-state index in [4.69, 9.17) is 0 Å². The molecule has 1 amide bonds. The zero-order valence-corrected chi connectivity index (χ0v) is 13.3. The molecule has 0 aliphatic rings. The summed E-state index contributed by atoms with van der Waals surface area (Å²) in [6, 6.07) is 11.8. The van der Waals surface area contributed by atoms with Crippen molar-refractivity contribution in [3.05, 3.63) is 65.0 Å². The van der Waals surface area contributed by atoms with Crippen molar-refractivity contribution >= 4 is 23.6 Å². The molecule has 0 bridgehead atoms. The Balaban J connectivity index is 1.80. The standard InChI is InChI=1S/C16H16N2O4S/c1-22-16(20)13-7-5-12(6-8-13)10-17-14(19)11-23-15-4-2-3-9-18(15)21/h2-9H,10-11H2,1H3,(H,17,19). The molecule has 2 rings (SSSR count). The molecule has 6 nitrogen and oxygen atoms in total. The van der Waals surface area contributed by atoms with E-state index in [2.05, 4.69) is 10.1 Å². The van der Waals surface area contributed by atoms with Gasteiger partial charge in [-0.2, -0.15) is 4.73 Å². The first kappa shape index (κ1) is 16.8. The highest BCUT2D eigenvalue weighted by Crippen LogP contribution is 2.12. The fraction of sp³-hybridized carbons (Fsp3) is 0.188. The van der Waals surface area contributed by atoms with Crippen molar-refractivity contribution in [2.45, 2.75) is 11.6 Å². The van der Waals surface area contributed by atoms with E-state index in [9.17, 15) is 14.8 Å². The van der Waals surface area contributed by atoms with E-state index < -0.39 is 5.97 Å². The minimum atomic E-state index is -0.397. The third-order valence-electron chi connectivity index (χ3n) is 3.00. The molecule has 0 saturated carbocycles. The van der Waals surface area contributed by atoms with Crippen LogP contribution in [0.15, 0.2) is 53.7 Å². The molecule has 0 spiro atoms. The number of aromatic nitrogens is 1. The Morgan fingerprint density at radius 3 is 2.61 bits per heavy atom. The normalized spacial score (nSPS) is 10.1. The number of carbonyl (C=O) groups excluding carboxylic acids is 2. The molecule has 0 saturated heterocycles. The Bertz CT molecular complexity index is 689. The average molecular weight is 332 g/mol. The molecule has 1 aromatic carbocycles. The number of ether oxygens (including phenoxy) is 1. The van der Waals surface area contributed by atoms with Crippen molar-refractivity contribution in [3.63, 3.8) is 0 Å². The lowest BCUT2D eigenvalue weighted by Crippen LogP contribution is -2.29. The van der Waals surface area contributed by atoms with Crippen LogP contribution in [0.5, 0.6) is 0 Å². The SMILES string of the molecule is COC(=O)c1ccc(CNC(=O)CSc2cccc[n+]2[O-])cc1. The number of methoxy groups -OCH3 is 1. The Morgan fingerprint density at radius 2 is 1.96 bits per heavy atom. The minimum absolute atomic E-state index is 0.159. The first-order valence-corrected chi connectivity index (χ1v) is 7.83. The molecule has 0 aliphatic heterocycles. The molecule has 120 valence electrons. The van der Waals surface area contributed by atoms with Gasteiger partial charge in [-0.05, 0) is 35.5 Å². The van der Waals surface area contributed by atoms with Gasteiger partial charge < -0.3 is 15.3 Å². The Morgan fingerprint density at radius 1 is 1.22 bits per heavy atom. The summed E-state index contributed by atoms with van der Waals surface area (Å²) in [6.07, 6.45) is 1.39. The predicted molar refractivity (Wildman–Crippen MR) is 85.8 cm³/mol. The molecule has 0 fully saturated rings. The van der Waals surface area contributed by atoms with Crippen molar-refractivity contribution in [2.24, 2.45) is 0 Å². The summed E-state index contributed by atoms with van der Waals surface area (Å²) in [7, 11) is 1.33. The van der Waals surface area contributed by atoms with E-state index in [0.717, 1.165) is 10.3 Å². The predicted octanol–water partition coefficient (Wildman–Crippen LogP) is 1.52. The van der Waals surface area contributed by atoms with Crippen LogP contribution >= 0.6 is 11.8 Å². The van der Waals surface area contributed by atoms with Crippen LogP contribution < -0.4 is 10.0 Å². The van der Waals surface area contributed by atoms with Crippen LogP contribution in [0.3, 0.4) is 0 Å². The van der Waals surface area contributed by atoms with Crippen LogP contribution in [0.1, 0.15) is 15.9 Å². The Labute approximate surface area is 138 Å². The number of nitrogens with one attached hydrogen (secondary N) is 1. The lowest BCUT2D eigenvalue weighted by atomic mass is 10.1. The summed E-state index contributed by atoms with van der Waals surface area (Å²) in [4.78, 5) is 23.1. The first-order valence-electron chi connectivity index (χ1n) is 6.85. The lowest BCUT2D eigenvalue weighted by Gasteiger charge is -2.06. The number of nitrogens with zero attached hydrogens (tertiary/aromatic N) is 1. The highest BCUT2D eigenvalue weighted by Gasteiger charge is 2.09. The van der Waals surface area contributed by atoms with Gasteiger partial charge in [0, 0.05) is 18.7 Å². The number of amides is 1. The number of carbonyl (C=O) groups is 2. The second-order valence-corrected chi connectivity index (χ2v) is 5.61. The number of rotatable bonds is 6. The van der Waals surface area contributed by atoms with E-state index in [1.54, 1.807) is 42.5 Å². The van der Waals surface area contributed by atoms with Gasteiger partial charge in [-0.3, -0.25) is 4.79 Å². The van der Waals surface area contributed by atoms with Gasteiger partial charge >= 0.3 is 5.97 Å². The highest BCUT2D eigenvalue weighted by atomic mass is 32.2. The molecule has 1 N–H and O–H groups in total. The maximum atomic E-state index is 11.8. The van der Waals surface area contributed by atoms with Crippen molar-refractivity contribution in [2.75, 3.05) is 12.9 Å². The minimum Gasteiger partial charge on any atom is -0.618 e. The van der Waals surface area contributed by atoms with Gasteiger partial charge in [0.05, 0.1) is 18.4 Å². The number of pyridine rings is 1. The van der Waals surface area contributed by atoms with Gasteiger partial charge in [0.1, 0.15) is 0 Å². The van der Waals surface area contributed by atoms with Crippen LogP contribution in [0.2, 0.25) is 0 Å². The van der Waals surface area contributed by atoms with Gasteiger partial charge in [0.15, 0.2) is 6.20 Å². The molecular formula is C16H16N2O4S. The topological polar surface area (TPSA) is 82.3 Å². The molecule has 0 aliphatic carbocycles. The molecule has 0 radical (unpaired) electrons. The monoisotopic (exact) mass is 332 g/mol.